The van der Waals surface area contributed by atoms with Crippen molar-refractivity contribution < 1.29 is 9.15 Å². The molecular weight excluding hydrogens is 232 g/mol. The Bertz CT molecular complexity index is 525. The predicted molar refractivity (Wildman–Crippen MR) is 66.5 cm³/mol. The van der Waals surface area contributed by atoms with Crippen molar-refractivity contribution in [2.24, 2.45) is 0 Å². The summed E-state index contributed by atoms with van der Waals surface area (Å²) in [6, 6.07) is 1.73. The van der Waals surface area contributed by atoms with Gasteiger partial charge >= 0.3 is 0 Å². The summed E-state index contributed by atoms with van der Waals surface area (Å²) in [5.74, 6) is 3.39. The number of nitrogens with zero attached hydrogens (tertiary/aromatic N) is 3. The van der Waals surface area contributed by atoms with Gasteiger partial charge in [0.2, 0.25) is 11.8 Å². The van der Waals surface area contributed by atoms with E-state index in [0.717, 1.165) is 12.2 Å². The third kappa shape index (κ3) is 2.97. The van der Waals surface area contributed by atoms with Gasteiger partial charge in [0.25, 0.3) is 0 Å². The summed E-state index contributed by atoms with van der Waals surface area (Å²) in [5.41, 5.74) is 0. The molecule has 0 radical (unpaired) electrons. The Kier molecular flexibility index (Phi) is 3.76. The summed E-state index contributed by atoms with van der Waals surface area (Å²) in [7, 11) is 1.58. The van der Waals surface area contributed by atoms with E-state index in [2.05, 4.69) is 20.3 Å². The average Bonchev–Trinajstić information content (AvgIpc) is 2.83. The molecule has 2 aromatic rings. The Labute approximate surface area is 105 Å². The van der Waals surface area contributed by atoms with Crippen LogP contribution in [-0.2, 0) is 13.0 Å². The van der Waals surface area contributed by atoms with E-state index in [4.69, 9.17) is 9.15 Å². The minimum atomic E-state index is 0.486. The number of ether oxygens (including phenoxy) is 1. The smallest absolute Gasteiger partial charge is 0.218 e. The first kappa shape index (κ1) is 12.3. The van der Waals surface area contributed by atoms with Crippen LogP contribution in [0, 0.1) is 6.92 Å². The second-order valence-electron chi connectivity index (χ2n) is 3.77. The highest BCUT2D eigenvalue weighted by Gasteiger charge is 2.05. The molecular formula is C12H16N4O2. The van der Waals surface area contributed by atoms with E-state index < -0.39 is 0 Å². The first-order chi connectivity index (χ1) is 8.71. The molecule has 0 saturated heterocycles. The Morgan fingerprint density at radius 1 is 1.39 bits per heavy atom. The van der Waals surface area contributed by atoms with Gasteiger partial charge in [-0.05, 0) is 6.92 Å². The number of oxazole rings is 1. The van der Waals surface area contributed by atoms with E-state index in [-0.39, 0.29) is 0 Å². The van der Waals surface area contributed by atoms with E-state index in [1.165, 1.54) is 0 Å². The van der Waals surface area contributed by atoms with Crippen LogP contribution in [0.2, 0.25) is 0 Å². The number of aromatic nitrogens is 3. The van der Waals surface area contributed by atoms with Crippen molar-refractivity contribution in [2.45, 2.75) is 26.8 Å². The number of anilines is 1. The largest absolute Gasteiger partial charge is 0.481 e. The molecule has 0 unspecified atom stereocenters. The summed E-state index contributed by atoms with van der Waals surface area (Å²) in [6.07, 6.45) is 2.58. The third-order valence-electron chi connectivity index (χ3n) is 2.39. The van der Waals surface area contributed by atoms with Crippen LogP contribution in [0.5, 0.6) is 5.88 Å². The van der Waals surface area contributed by atoms with Crippen molar-refractivity contribution in [1.82, 2.24) is 15.0 Å². The van der Waals surface area contributed by atoms with Gasteiger partial charge in [-0.2, -0.15) is 4.98 Å². The Morgan fingerprint density at radius 2 is 2.22 bits per heavy atom. The molecule has 0 amide bonds. The standard InChI is InChI=1S/C12H16N4O2/c1-4-9-6-14-12(18-9)7-13-10-5-11(17-3)16-8(2)15-10/h5-6H,4,7H2,1-3H3,(H,13,15,16). The second kappa shape index (κ2) is 5.48. The van der Waals surface area contributed by atoms with Crippen LogP contribution < -0.4 is 10.1 Å². The molecule has 0 spiro atoms. The van der Waals surface area contributed by atoms with E-state index in [0.29, 0.717) is 30.0 Å². The van der Waals surface area contributed by atoms with Gasteiger partial charge in [0.1, 0.15) is 17.4 Å². The number of nitrogens with one attached hydrogen (secondary N) is 1. The number of methoxy groups -OCH3 is 1. The zero-order valence-electron chi connectivity index (χ0n) is 10.7. The second-order valence-corrected chi connectivity index (χ2v) is 3.77. The van der Waals surface area contributed by atoms with Gasteiger partial charge in [-0.1, -0.05) is 6.92 Å². The van der Waals surface area contributed by atoms with E-state index in [9.17, 15) is 0 Å². The summed E-state index contributed by atoms with van der Waals surface area (Å²) in [6.45, 7) is 4.32. The molecule has 0 saturated carbocycles. The zero-order chi connectivity index (χ0) is 13.0. The lowest BCUT2D eigenvalue weighted by Crippen LogP contribution is -2.04. The molecule has 2 rings (SSSR count). The van der Waals surface area contributed by atoms with Crippen LogP contribution in [0.1, 0.15) is 24.4 Å². The van der Waals surface area contributed by atoms with E-state index in [1.54, 1.807) is 19.4 Å². The summed E-state index contributed by atoms with van der Waals surface area (Å²) in [5, 5.41) is 3.13. The van der Waals surface area contributed by atoms with Crippen molar-refractivity contribution in [2.75, 3.05) is 12.4 Å². The lowest BCUT2D eigenvalue weighted by Gasteiger charge is -2.06. The summed E-state index contributed by atoms with van der Waals surface area (Å²) < 4.78 is 10.6. The zero-order valence-corrected chi connectivity index (χ0v) is 10.7. The molecule has 0 bridgehead atoms. The van der Waals surface area contributed by atoms with Crippen molar-refractivity contribution in [1.29, 1.82) is 0 Å². The highest BCUT2D eigenvalue weighted by atomic mass is 16.5. The topological polar surface area (TPSA) is 73.1 Å². The molecule has 0 aliphatic carbocycles. The van der Waals surface area contributed by atoms with Gasteiger partial charge in [0.05, 0.1) is 19.9 Å². The molecule has 1 N–H and O–H groups in total. The van der Waals surface area contributed by atoms with Gasteiger partial charge in [0, 0.05) is 12.5 Å². The normalized spacial score (nSPS) is 10.4. The fourth-order valence-corrected chi connectivity index (χ4v) is 1.49. The molecule has 6 heteroatoms. The highest BCUT2D eigenvalue weighted by molar-refractivity contribution is 5.38. The van der Waals surface area contributed by atoms with Gasteiger partial charge < -0.3 is 14.5 Å². The van der Waals surface area contributed by atoms with Crippen LogP contribution in [-0.4, -0.2) is 22.1 Å². The van der Waals surface area contributed by atoms with Gasteiger partial charge in [-0.25, -0.2) is 9.97 Å². The first-order valence-electron chi connectivity index (χ1n) is 5.78. The summed E-state index contributed by atoms with van der Waals surface area (Å²) in [4.78, 5) is 12.5. The van der Waals surface area contributed by atoms with E-state index in [1.807, 2.05) is 13.8 Å². The summed E-state index contributed by atoms with van der Waals surface area (Å²) >= 11 is 0. The molecule has 2 aromatic heterocycles. The molecule has 6 nitrogen and oxygen atoms in total. The van der Waals surface area contributed by atoms with Crippen molar-refractivity contribution in [3.8, 4) is 5.88 Å². The third-order valence-corrected chi connectivity index (χ3v) is 2.39. The van der Waals surface area contributed by atoms with Crippen LogP contribution in [0.3, 0.4) is 0 Å². The highest BCUT2D eigenvalue weighted by Crippen LogP contribution is 2.14. The van der Waals surface area contributed by atoms with Crippen LogP contribution in [0.15, 0.2) is 16.7 Å². The maximum Gasteiger partial charge on any atom is 0.218 e. The quantitative estimate of drug-likeness (QED) is 0.871. The minimum absolute atomic E-state index is 0.486. The lowest BCUT2D eigenvalue weighted by atomic mass is 10.4. The minimum Gasteiger partial charge on any atom is -0.481 e. The molecule has 2 heterocycles. The fraction of sp³-hybridized carbons (Fsp3) is 0.417. The van der Waals surface area contributed by atoms with Crippen LogP contribution in [0.4, 0.5) is 5.82 Å². The molecule has 0 aliphatic heterocycles. The van der Waals surface area contributed by atoms with Gasteiger partial charge in [0.15, 0.2) is 0 Å². The number of hydrogen-bond acceptors (Lipinski definition) is 6. The molecule has 0 aromatic carbocycles. The van der Waals surface area contributed by atoms with Crippen molar-refractivity contribution in [3.63, 3.8) is 0 Å². The molecule has 0 atom stereocenters. The molecule has 18 heavy (non-hydrogen) atoms. The molecule has 0 aliphatic rings. The maximum atomic E-state index is 5.49. The van der Waals surface area contributed by atoms with Crippen LogP contribution in [0.25, 0.3) is 0 Å². The fourth-order valence-electron chi connectivity index (χ4n) is 1.49. The monoisotopic (exact) mass is 248 g/mol. The average molecular weight is 248 g/mol. The van der Waals surface area contributed by atoms with Gasteiger partial charge in [-0.3, -0.25) is 0 Å². The number of hydrogen-bond donors (Lipinski definition) is 1. The predicted octanol–water partition coefficient (Wildman–Crippen LogP) is 1.96. The Hall–Kier alpha value is -2.11. The number of aryl methyl sites for hydroxylation is 2. The lowest BCUT2D eigenvalue weighted by molar-refractivity contribution is 0.396. The van der Waals surface area contributed by atoms with Crippen molar-refractivity contribution >= 4 is 5.82 Å². The number of rotatable bonds is 5. The van der Waals surface area contributed by atoms with Crippen LogP contribution >= 0.6 is 0 Å². The Balaban J connectivity index is 2.03. The van der Waals surface area contributed by atoms with E-state index >= 15 is 0 Å². The SMILES string of the molecule is CCc1cnc(CNc2cc(OC)nc(C)n2)o1. The Morgan fingerprint density at radius 3 is 2.89 bits per heavy atom. The first-order valence-corrected chi connectivity index (χ1v) is 5.78. The molecule has 96 valence electrons. The van der Waals surface area contributed by atoms with Gasteiger partial charge in [-0.15, -0.1) is 0 Å². The molecule has 0 fully saturated rings. The maximum absolute atomic E-state index is 5.49. The van der Waals surface area contributed by atoms with Crippen molar-refractivity contribution in [3.05, 3.63) is 29.7 Å².